The van der Waals surface area contributed by atoms with Crippen LogP contribution in [0.15, 0.2) is 78.9 Å². The molecule has 0 aliphatic carbocycles. The minimum Gasteiger partial charge on any atom is -0.480 e. The summed E-state index contributed by atoms with van der Waals surface area (Å²) in [6.45, 7) is 3.98. The summed E-state index contributed by atoms with van der Waals surface area (Å²) < 4.78 is 5.27. The zero-order valence-electron chi connectivity index (χ0n) is 19.9. The molecule has 3 aromatic carbocycles. The number of ether oxygens (including phenoxy) is 1. The molecule has 35 heavy (non-hydrogen) atoms. The topological polar surface area (TPSA) is 105 Å². The first kappa shape index (κ1) is 25.5. The van der Waals surface area contributed by atoms with Gasteiger partial charge >= 0.3 is 12.1 Å². The van der Waals surface area contributed by atoms with Gasteiger partial charge in [0.25, 0.3) is 0 Å². The van der Waals surface area contributed by atoms with Crippen molar-refractivity contribution in [1.29, 1.82) is 0 Å². The SMILES string of the molecule is Cc1ccc(C[C@H](NC(=O)[C@H](Cc2ccccc2)NC(=O)OCc2ccccc2)C(=O)O)cc1C. The Morgan fingerprint density at radius 2 is 1.34 bits per heavy atom. The Kier molecular flexibility index (Phi) is 9.01. The highest BCUT2D eigenvalue weighted by molar-refractivity contribution is 5.89. The Morgan fingerprint density at radius 1 is 0.743 bits per heavy atom. The fraction of sp³-hybridized carbons (Fsp3) is 0.250. The van der Waals surface area contributed by atoms with Gasteiger partial charge in [-0.05, 0) is 41.7 Å². The second kappa shape index (κ2) is 12.4. The first-order chi connectivity index (χ1) is 16.8. The molecule has 0 saturated heterocycles. The minimum absolute atomic E-state index is 0.0525. The number of hydrogen-bond acceptors (Lipinski definition) is 4. The highest BCUT2D eigenvalue weighted by Gasteiger charge is 2.27. The molecule has 3 aromatic rings. The van der Waals surface area contributed by atoms with Crippen molar-refractivity contribution in [2.45, 2.75) is 45.4 Å². The van der Waals surface area contributed by atoms with E-state index in [1.807, 2.05) is 92.7 Å². The molecule has 0 unspecified atom stereocenters. The summed E-state index contributed by atoms with van der Waals surface area (Å²) in [5, 5.41) is 14.9. The fourth-order valence-electron chi connectivity index (χ4n) is 3.60. The fourth-order valence-corrected chi connectivity index (χ4v) is 3.60. The van der Waals surface area contributed by atoms with Gasteiger partial charge in [0.05, 0.1) is 0 Å². The molecule has 0 radical (unpaired) electrons. The lowest BCUT2D eigenvalue weighted by Crippen LogP contribution is -2.53. The molecule has 0 heterocycles. The molecule has 0 aromatic heterocycles. The molecule has 3 rings (SSSR count). The average Bonchev–Trinajstić information content (AvgIpc) is 2.85. The molecule has 0 aliphatic heterocycles. The second-order valence-corrected chi connectivity index (χ2v) is 8.47. The third-order valence-corrected chi connectivity index (χ3v) is 5.73. The number of hydrogen-bond donors (Lipinski definition) is 3. The van der Waals surface area contributed by atoms with Gasteiger partial charge in [0.15, 0.2) is 0 Å². The Morgan fingerprint density at radius 3 is 1.94 bits per heavy atom. The summed E-state index contributed by atoms with van der Waals surface area (Å²) in [6.07, 6.45) is -0.451. The van der Waals surface area contributed by atoms with Gasteiger partial charge in [0, 0.05) is 12.8 Å². The number of nitrogens with one attached hydrogen (secondary N) is 2. The van der Waals surface area contributed by atoms with Crippen molar-refractivity contribution in [3.05, 3.63) is 107 Å². The first-order valence-corrected chi connectivity index (χ1v) is 11.4. The van der Waals surface area contributed by atoms with E-state index in [9.17, 15) is 19.5 Å². The third kappa shape index (κ3) is 7.99. The van der Waals surface area contributed by atoms with E-state index in [0.717, 1.165) is 27.8 Å². The van der Waals surface area contributed by atoms with Crippen molar-refractivity contribution in [3.8, 4) is 0 Å². The van der Waals surface area contributed by atoms with E-state index in [1.54, 1.807) is 0 Å². The summed E-state index contributed by atoms with van der Waals surface area (Å²) >= 11 is 0. The Hall–Kier alpha value is -4.13. The number of carbonyl (C=O) groups excluding carboxylic acids is 2. The van der Waals surface area contributed by atoms with E-state index in [2.05, 4.69) is 10.6 Å². The number of aryl methyl sites for hydroxylation is 2. The number of alkyl carbamates (subject to hydrolysis) is 1. The van der Waals surface area contributed by atoms with Gasteiger partial charge in [0.1, 0.15) is 18.7 Å². The molecular formula is C28H30N2O5. The van der Waals surface area contributed by atoms with Crippen molar-refractivity contribution in [2.75, 3.05) is 0 Å². The van der Waals surface area contributed by atoms with Crippen LogP contribution in [0.1, 0.15) is 27.8 Å². The number of benzene rings is 3. The highest BCUT2D eigenvalue weighted by atomic mass is 16.5. The molecule has 182 valence electrons. The van der Waals surface area contributed by atoms with E-state index >= 15 is 0 Å². The smallest absolute Gasteiger partial charge is 0.408 e. The molecule has 0 spiro atoms. The molecule has 7 heteroatoms. The minimum atomic E-state index is -1.15. The lowest BCUT2D eigenvalue weighted by molar-refractivity contribution is -0.142. The molecule has 0 fully saturated rings. The average molecular weight is 475 g/mol. The number of carboxylic acid groups (broad SMARTS) is 1. The van der Waals surface area contributed by atoms with E-state index < -0.39 is 30.1 Å². The second-order valence-electron chi connectivity index (χ2n) is 8.47. The Labute approximate surface area is 205 Å². The summed E-state index contributed by atoms with van der Waals surface area (Å²) in [6, 6.07) is 21.9. The molecule has 0 aliphatic rings. The van der Waals surface area contributed by atoms with Crippen LogP contribution in [0.4, 0.5) is 4.79 Å². The van der Waals surface area contributed by atoms with Gasteiger partial charge in [-0.25, -0.2) is 9.59 Å². The van der Waals surface area contributed by atoms with Crippen molar-refractivity contribution < 1.29 is 24.2 Å². The summed E-state index contributed by atoms with van der Waals surface area (Å²) in [5.74, 6) is -1.75. The monoisotopic (exact) mass is 474 g/mol. The van der Waals surface area contributed by atoms with Gasteiger partial charge in [-0.15, -0.1) is 0 Å². The van der Waals surface area contributed by atoms with Gasteiger partial charge in [-0.1, -0.05) is 78.9 Å². The van der Waals surface area contributed by atoms with Crippen molar-refractivity contribution in [2.24, 2.45) is 0 Å². The maximum Gasteiger partial charge on any atom is 0.408 e. The molecule has 2 amide bonds. The van der Waals surface area contributed by atoms with Crippen molar-refractivity contribution >= 4 is 18.0 Å². The predicted molar refractivity (Wildman–Crippen MR) is 133 cm³/mol. The number of aliphatic carboxylic acids is 1. The largest absolute Gasteiger partial charge is 0.480 e. The van der Waals surface area contributed by atoms with Crippen molar-refractivity contribution in [1.82, 2.24) is 10.6 Å². The van der Waals surface area contributed by atoms with Gasteiger partial charge < -0.3 is 20.5 Å². The van der Waals surface area contributed by atoms with Gasteiger partial charge in [-0.2, -0.15) is 0 Å². The predicted octanol–water partition coefficient (Wildman–Crippen LogP) is 3.95. The number of rotatable bonds is 10. The van der Waals surface area contributed by atoms with Crippen LogP contribution in [0.25, 0.3) is 0 Å². The Bertz CT molecular complexity index is 1150. The van der Waals surface area contributed by atoms with E-state index in [-0.39, 0.29) is 19.4 Å². The number of amides is 2. The molecule has 7 nitrogen and oxygen atoms in total. The highest BCUT2D eigenvalue weighted by Crippen LogP contribution is 2.12. The molecular weight excluding hydrogens is 444 g/mol. The van der Waals surface area contributed by atoms with Crippen LogP contribution in [0.2, 0.25) is 0 Å². The molecule has 3 N–H and O–H groups in total. The maximum atomic E-state index is 13.1. The van der Waals surface area contributed by atoms with E-state index in [0.29, 0.717) is 0 Å². The lowest BCUT2D eigenvalue weighted by atomic mass is 10.00. The normalized spacial score (nSPS) is 12.3. The van der Waals surface area contributed by atoms with Gasteiger partial charge in [0.2, 0.25) is 5.91 Å². The summed E-state index contributed by atoms with van der Waals surface area (Å²) in [4.78, 5) is 37.5. The summed E-state index contributed by atoms with van der Waals surface area (Å²) in [7, 11) is 0. The van der Waals surface area contributed by atoms with Crippen LogP contribution in [-0.2, 0) is 33.8 Å². The van der Waals surface area contributed by atoms with Crippen LogP contribution < -0.4 is 10.6 Å². The molecule has 0 saturated carbocycles. The van der Waals surface area contributed by atoms with E-state index in [4.69, 9.17) is 4.74 Å². The number of carboxylic acids is 1. The molecule has 0 bridgehead atoms. The van der Waals surface area contributed by atoms with Crippen LogP contribution in [0, 0.1) is 13.8 Å². The van der Waals surface area contributed by atoms with Crippen LogP contribution >= 0.6 is 0 Å². The van der Waals surface area contributed by atoms with Crippen LogP contribution in [0.5, 0.6) is 0 Å². The quantitative estimate of drug-likeness (QED) is 0.413. The Balaban J connectivity index is 1.70. The number of carbonyl (C=O) groups is 3. The third-order valence-electron chi connectivity index (χ3n) is 5.73. The summed E-state index contributed by atoms with van der Waals surface area (Å²) in [5.41, 5.74) is 4.58. The zero-order chi connectivity index (χ0) is 25.2. The lowest BCUT2D eigenvalue weighted by Gasteiger charge is -2.22. The maximum absolute atomic E-state index is 13.1. The van der Waals surface area contributed by atoms with Crippen molar-refractivity contribution in [3.63, 3.8) is 0 Å². The van der Waals surface area contributed by atoms with Crippen LogP contribution in [0.3, 0.4) is 0 Å². The molecule has 2 atom stereocenters. The van der Waals surface area contributed by atoms with E-state index in [1.165, 1.54) is 0 Å². The van der Waals surface area contributed by atoms with Crippen LogP contribution in [-0.4, -0.2) is 35.2 Å². The van der Waals surface area contributed by atoms with Gasteiger partial charge in [-0.3, -0.25) is 4.79 Å². The zero-order valence-corrected chi connectivity index (χ0v) is 19.9. The first-order valence-electron chi connectivity index (χ1n) is 11.4. The standard InChI is InChI=1S/C28H30N2O5/c1-19-13-14-23(15-20(19)2)17-25(27(32)33)29-26(31)24(16-21-9-5-3-6-10-21)30-28(34)35-18-22-11-7-4-8-12-22/h3-15,24-25H,16-18H2,1-2H3,(H,29,31)(H,30,34)(H,32,33)/t24-,25-/m0/s1.